The molecule has 0 saturated heterocycles. The van der Waals surface area contributed by atoms with Crippen molar-refractivity contribution in [2.24, 2.45) is 0 Å². The Morgan fingerprint density at radius 1 is 1.35 bits per heavy atom. The molecule has 2 heterocycles. The molecule has 0 aromatic carbocycles. The van der Waals surface area contributed by atoms with Crippen molar-refractivity contribution in [3.05, 3.63) is 36.9 Å². The lowest BCUT2D eigenvalue weighted by Gasteiger charge is -2.22. The summed E-state index contributed by atoms with van der Waals surface area (Å²) in [5.41, 5.74) is 1.57. The van der Waals surface area contributed by atoms with Gasteiger partial charge in [0.25, 0.3) is 0 Å². The van der Waals surface area contributed by atoms with Crippen molar-refractivity contribution in [2.45, 2.75) is 25.9 Å². The normalized spacial score (nSPS) is 12.8. The van der Waals surface area contributed by atoms with E-state index in [0.717, 1.165) is 11.4 Å². The fourth-order valence-electron chi connectivity index (χ4n) is 2.25. The highest BCUT2D eigenvalue weighted by atomic mass is 32.2. The van der Waals surface area contributed by atoms with Crippen molar-refractivity contribution in [3.8, 4) is 5.69 Å². The fraction of sp³-hybridized carbons (Fsp3) is 0.438. The van der Waals surface area contributed by atoms with Gasteiger partial charge in [0.05, 0.1) is 41.4 Å². The van der Waals surface area contributed by atoms with Crippen LogP contribution < -0.4 is 4.90 Å². The third-order valence-corrected chi connectivity index (χ3v) is 5.31. The molecule has 1 atom stereocenters. The van der Waals surface area contributed by atoms with Crippen LogP contribution >= 0.6 is 12.2 Å². The second-order valence-electron chi connectivity index (χ2n) is 5.46. The Morgan fingerprint density at radius 2 is 2.12 bits per heavy atom. The highest BCUT2D eigenvalue weighted by molar-refractivity contribution is 7.91. The summed E-state index contributed by atoms with van der Waals surface area (Å²) in [7, 11) is 0. The number of halogens is 3. The third kappa shape index (κ3) is 6.26. The Hall–Kier alpha value is -1.65. The number of alkyl halides is 3. The van der Waals surface area contributed by atoms with Gasteiger partial charge in [0.1, 0.15) is 11.5 Å². The maximum atomic E-state index is 12.2. The van der Waals surface area contributed by atoms with Gasteiger partial charge < -0.3 is 9.45 Å². The highest BCUT2D eigenvalue weighted by Crippen LogP contribution is 2.21. The first-order valence-electron chi connectivity index (χ1n) is 7.97. The van der Waals surface area contributed by atoms with Gasteiger partial charge >= 0.3 is 6.18 Å². The van der Waals surface area contributed by atoms with E-state index in [4.69, 9.17) is 12.2 Å². The molecule has 10 heteroatoms. The van der Waals surface area contributed by atoms with Crippen LogP contribution in [-0.2, 0) is 11.2 Å². The van der Waals surface area contributed by atoms with Crippen LogP contribution in [0.1, 0.15) is 19.8 Å². The average molecular weight is 404 g/mol. The molecular weight excluding hydrogens is 385 g/mol. The van der Waals surface area contributed by atoms with Crippen molar-refractivity contribution in [2.75, 3.05) is 23.0 Å². The summed E-state index contributed by atoms with van der Waals surface area (Å²) in [6.07, 6.45) is 1.76. The first kappa shape index (κ1) is 20.7. The molecule has 26 heavy (non-hydrogen) atoms. The molecule has 0 spiro atoms. The van der Waals surface area contributed by atoms with Crippen LogP contribution in [0, 0.1) is 0 Å². The van der Waals surface area contributed by atoms with Gasteiger partial charge in [0, 0.05) is 19.2 Å². The Morgan fingerprint density at radius 3 is 2.73 bits per heavy atom. The zero-order valence-electron chi connectivity index (χ0n) is 14.1. The lowest BCUT2D eigenvalue weighted by atomic mass is 10.3. The van der Waals surface area contributed by atoms with Crippen molar-refractivity contribution in [1.82, 2.24) is 14.8 Å². The molecule has 0 fully saturated rings. The molecule has 0 N–H and O–H groups in total. The van der Waals surface area contributed by atoms with E-state index in [-0.39, 0.29) is 12.2 Å². The van der Waals surface area contributed by atoms with Crippen molar-refractivity contribution in [3.63, 3.8) is 0 Å². The maximum Gasteiger partial charge on any atom is 0.393 e. The molecule has 0 radical (unpaired) electrons. The molecule has 1 unspecified atom stereocenters. The largest absolute Gasteiger partial charge is 0.616 e. The summed E-state index contributed by atoms with van der Waals surface area (Å²) in [6, 6.07) is 3.66. The average Bonchev–Trinajstić information content (AvgIpc) is 3.08. The Kier molecular flexibility index (Phi) is 7.42. The molecule has 2 aromatic rings. The molecular formula is C16H19F3N4OS2. The van der Waals surface area contributed by atoms with Gasteiger partial charge in [-0.1, -0.05) is 23.4 Å². The van der Waals surface area contributed by atoms with Crippen LogP contribution in [0.15, 0.2) is 36.9 Å². The third-order valence-electron chi connectivity index (χ3n) is 3.57. The van der Waals surface area contributed by atoms with E-state index in [1.807, 2.05) is 17.9 Å². The Bertz CT molecular complexity index is 709. The summed E-state index contributed by atoms with van der Waals surface area (Å²) in [4.78, 5) is 6.40. The molecule has 0 bridgehead atoms. The summed E-state index contributed by atoms with van der Waals surface area (Å²) in [5, 5.41) is 4.28. The number of thiocarbonyl (C=S) groups is 1. The number of hydrogen-bond acceptors (Lipinski definition) is 4. The minimum atomic E-state index is -4.29. The zero-order chi connectivity index (χ0) is 19.2. The molecule has 2 aromatic heterocycles. The van der Waals surface area contributed by atoms with Crippen LogP contribution in [0.3, 0.4) is 0 Å². The number of anilines is 1. The second-order valence-corrected chi connectivity index (χ2v) is 7.62. The van der Waals surface area contributed by atoms with Gasteiger partial charge in [-0.15, -0.1) is 0 Å². The second kappa shape index (κ2) is 9.33. The van der Waals surface area contributed by atoms with Crippen LogP contribution in [0.4, 0.5) is 18.9 Å². The summed E-state index contributed by atoms with van der Waals surface area (Å²) >= 11 is 3.83. The monoisotopic (exact) mass is 404 g/mol. The predicted octanol–water partition coefficient (Wildman–Crippen LogP) is 3.51. The van der Waals surface area contributed by atoms with Crippen molar-refractivity contribution < 1.29 is 17.7 Å². The number of pyridine rings is 1. The molecule has 0 saturated carbocycles. The molecule has 142 valence electrons. The fourth-order valence-corrected chi connectivity index (χ4v) is 3.80. The quantitative estimate of drug-likeness (QED) is 0.498. The SMILES string of the molecule is CCN(C(=S)CC[S+]([O-])CCC(F)(F)F)c1cnn(-c2cccnc2)c1. The molecule has 0 aliphatic heterocycles. The van der Waals surface area contributed by atoms with E-state index < -0.39 is 29.5 Å². The Balaban J connectivity index is 1.93. The molecule has 0 aliphatic rings. The first-order valence-corrected chi connectivity index (χ1v) is 9.87. The smallest absolute Gasteiger partial charge is 0.393 e. The molecule has 0 aliphatic carbocycles. The number of nitrogens with zero attached hydrogens (tertiary/aromatic N) is 4. The van der Waals surface area contributed by atoms with Gasteiger partial charge in [-0.3, -0.25) is 4.98 Å². The molecule has 2 rings (SSSR count). The van der Waals surface area contributed by atoms with Crippen LogP contribution in [0.5, 0.6) is 0 Å². The lowest BCUT2D eigenvalue weighted by Crippen LogP contribution is -2.31. The zero-order valence-corrected chi connectivity index (χ0v) is 15.8. The summed E-state index contributed by atoms with van der Waals surface area (Å²) < 4.78 is 49.9. The lowest BCUT2D eigenvalue weighted by molar-refractivity contribution is -0.129. The van der Waals surface area contributed by atoms with Gasteiger partial charge in [-0.25, -0.2) is 4.68 Å². The van der Waals surface area contributed by atoms with Gasteiger partial charge in [-0.2, -0.15) is 18.3 Å². The van der Waals surface area contributed by atoms with Crippen LogP contribution in [-0.4, -0.2) is 48.5 Å². The maximum absolute atomic E-state index is 12.2. The number of hydrogen-bond donors (Lipinski definition) is 0. The molecule has 0 amide bonds. The summed E-state index contributed by atoms with van der Waals surface area (Å²) in [6.45, 7) is 2.49. The van der Waals surface area contributed by atoms with Crippen molar-refractivity contribution in [1.29, 1.82) is 0 Å². The van der Waals surface area contributed by atoms with E-state index in [1.165, 1.54) is 0 Å². The van der Waals surface area contributed by atoms with Crippen molar-refractivity contribution >= 4 is 34.1 Å². The molecule has 5 nitrogen and oxygen atoms in total. The topological polar surface area (TPSA) is 57.0 Å². The Labute approximate surface area is 158 Å². The van der Waals surface area contributed by atoms with E-state index in [0.29, 0.717) is 11.5 Å². The minimum Gasteiger partial charge on any atom is -0.616 e. The number of aromatic nitrogens is 3. The van der Waals surface area contributed by atoms with Gasteiger partial charge in [-0.05, 0) is 19.1 Å². The highest BCUT2D eigenvalue weighted by Gasteiger charge is 2.29. The summed E-state index contributed by atoms with van der Waals surface area (Å²) in [5.74, 6) is -0.278. The standard InChI is InChI=1S/C16H19F3N4OS2/c1-2-22(15(25)5-8-26(24)9-6-16(17,18)19)14-11-21-23(12-14)13-4-3-7-20-10-13/h3-4,7,10-12H,2,5-6,8-9H2,1H3. The van der Waals surface area contributed by atoms with E-state index >= 15 is 0 Å². The van der Waals surface area contributed by atoms with E-state index in [1.54, 1.807) is 35.5 Å². The first-order chi connectivity index (χ1) is 12.3. The minimum absolute atomic E-state index is 0.113. The number of rotatable bonds is 8. The van der Waals surface area contributed by atoms with E-state index in [9.17, 15) is 17.7 Å². The van der Waals surface area contributed by atoms with Gasteiger partial charge in [0.2, 0.25) is 0 Å². The van der Waals surface area contributed by atoms with E-state index in [2.05, 4.69) is 10.1 Å². The van der Waals surface area contributed by atoms with Crippen LogP contribution in [0.25, 0.3) is 5.69 Å². The van der Waals surface area contributed by atoms with Crippen LogP contribution in [0.2, 0.25) is 0 Å². The van der Waals surface area contributed by atoms with Gasteiger partial charge in [0.15, 0.2) is 0 Å². The predicted molar refractivity (Wildman–Crippen MR) is 100 cm³/mol.